The molecule has 0 heterocycles. The van der Waals surface area contributed by atoms with Crippen molar-refractivity contribution in [3.8, 4) is 0 Å². The van der Waals surface area contributed by atoms with E-state index in [1.807, 2.05) is 0 Å². The van der Waals surface area contributed by atoms with Crippen LogP contribution in [0.25, 0.3) is 0 Å². The van der Waals surface area contributed by atoms with E-state index in [4.69, 9.17) is 16.3 Å². The Morgan fingerprint density at radius 3 is 2.48 bits per heavy atom. The highest BCUT2D eigenvalue weighted by Crippen LogP contribution is 2.19. The highest BCUT2D eigenvalue weighted by atomic mass is 35.5. The molecule has 0 fully saturated rings. The lowest BCUT2D eigenvalue weighted by Gasteiger charge is -2.13. The van der Waals surface area contributed by atoms with Crippen molar-refractivity contribution < 1.29 is 19.2 Å². The maximum atomic E-state index is 12.1. The predicted molar refractivity (Wildman–Crippen MR) is 91.3 cm³/mol. The van der Waals surface area contributed by atoms with Crippen LogP contribution in [0.2, 0.25) is 5.02 Å². The predicted octanol–water partition coefficient (Wildman–Crippen LogP) is 3.11. The highest BCUT2D eigenvalue weighted by molar-refractivity contribution is 6.30. The van der Waals surface area contributed by atoms with E-state index < -0.39 is 22.9 Å². The van der Waals surface area contributed by atoms with Crippen LogP contribution in [-0.2, 0) is 16.1 Å². The molecule has 0 aliphatic carbocycles. The topological polar surface area (TPSA) is 98.5 Å². The summed E-state index contributed by atoms with van der Waals surface area (Å²) in [5.41, 5.74) is 0.251. The molecule has 2 aromatic carbocycles. The number of hydrogen-bond acceptors (Lipinski definition) is 5. The number of amides is 1. The zero-order valence-electron chi connectivity index (χ0n) is 13.3. The first-order valence-corrected chi connectivity index (χ1v) is 7.73. The summed E-state index contributed by atoms with van der Waals surface area (Å²) in [7, 11) is 0. The van der Waals surface area contributed by atoms with Crippen molar-refractivity contribution in [2.24, 2.45) is 0 Å². The van der Waals surface area contributed by atoms with E-state index in [1.54, 1.807) is 24.3 Å². The van der Waals surface area contributed by atoms with Gasteiger partial charge >= 0.3 is 5.97 Å². The van der Waals surface area contributed by atoms with Gasteiger partial charge in [-0.1, -0.05) is 35.9 Å². The van der Waals surface area contributed by atoms with E-state index in [1.165, 1.54) is 31.2 Å². The second-order valence-electron chi connectivity index (χ2n) is 5.17. The summed E-state index contributed by atoms with van der Waals surface area (Å²) in [4.78, 5) is 34.4. The van der Waals surface area contributed by atoms with Gasteiger partial charge in [0.15, 0.2) is 6.10 Å². The number of benzene rings is 2. The number of para-hydroxylation sites is 1. The van der Waals surface area contributed by atoms with E-state index in [0.29, 0.717) is 5.02 Å². The third-order valence-corrected chi connectivity index (χ3v) is 3.61. The van der Waals surface area contributed by atoms with Gasteiger partial charge in [-0.25, -0.2) is 4.79 Å². The lowest BCUT2D eigenvalue weighted by Crippen LogP contribution is -2.35. The van der Waals surface area contributed by atoms with Crippen LogP contribution in [0.5, 0.6) is 0 Å². The molecular weight excluding hydrogens is 348 g/mol. The number of carbonyl (C=O) groups excluding carboxylic acids is 2. The van der Waals surface area contributed by atoms with Crippen LogP contribution in [0, 0.1) is 10.1 Å². The molecule has 0 aliphatic rings. The van der Waals surface area contributed by atoms with Gasteiger partial charge in [0.25, 0.3) is 11.6 Å². The Bertz CT molecular complexity index is 792. The number of rotatable bonds is 6. The van der Waals surface area contributed by atoms with Crippen molar-refractivity contribution in [3.63, 3.8) is 0 Å². The number of nitro groups is 1. The van der Waals surface area contributed by atoms with Gasteiger partial charge in [-0.3, -0.25) is 14.9 Å². The number of nitro benzene ring substituents is 1. The van der Waals surface area contributed by atoms with E-state index in [2.05, 4.69) is 5.32 Å². The summed E-state index contributed by atoms with van der Waals surface area (Å²) in [6, 6.07) is 12.3. The lowest BCUT2D eigenvalue weighted by molar-refractivity contribution is -0.385. The molecule has 0 bridgehead atoms. The maximum Gasteiger partial charge on any atom is 0.345 e. The van der Waals surface area contributed by atoms with Gasteiger partial charge < -0.3 is 10.1 Å². The van der Waals surface area contributed by atoms with Gasteiger partial charge in [-0.05, 0) is 30.7 Å². The van der Waals surface area contributed by atoms with Crippen molar-refractivity contribution in [2.75, 3.05) is 0 Å². The fraction of sp³-hybridized carbons (Fsp3) is 0.176. The van der Waals surface area contributed by atoms with Gasteiger partial charge in [0.05, 0.1) is 4.92 Å². The number of halogens is 1. The molecule has 0 saturated carbocycles. The van der Waals surface area contributed by atoms with Crippen LogP contribution in [0.4, 0.5) is 5.69 Å². The SMILES string of the molecule is CC(OC(=O)c1ccccc1[N+](=O)[O-])C(=O)NCc1ccc(Cl)cc1. The van der Waals surface area contributed by atoms with Crippen molar-refractivity contribution in [3.05, 3.63) is 74.8 Å². The number of nitrogens with one attached hydrogen (secondary N) is 1. The largest absolute Gasteiger partial charge is 0.449 e. The average Bonchev–Trinajstić information content (AvgIpc) is 2.60. The van der Waals surface area contributed by atoms with Crippen molar-refractivity contribution in [1.82, 2.24) is 5.32 Å². The van der Waals surface area contributed by atoms with Crippen LogP contribution in [0.3, 0.4) is 0 Å². The van der Waals surface area contributed by atoms with Crippen LogP contribution < -0.4 is 5.32 Å². The molecular formula is C17H15ClN2O5. The third kappa shape index (κ3) is 5.02. The minimum atomic E-state index is -1.10. The fourth-order valence-corrected chi connectivity index (χ4v) is 2.14. The lowest BCUT2D eigenvalue weighted by atomic mass is 10.2. The maximum absolute atomic E-state index is 12.1. The summed E-state index contributed by atoms with van der Waals surface area (Å²) < 4.78 is 5.02. The molecule has 130 valence electrons. The number of hydrogen-bond donors (Lipinski definition) is 1. The molecule has 0 aromatic heterocycles. The molecule has 1 N–H and O–H groups in total. The Morgan fingerprint density at radius 2 is 1.84 bits per heavy atom. The third-order valence-electron chi connectivity index (χ3n) is 3.35. The van der Waals surface area contributed by atoms with Crippen LogP contribution in [0.1, 0.15) is 22.8 Å². The number of esters is 1. The molecule has 2 aromatic rings. The van der Waals surface area contributed by atoms with E-state index in [0.717, 1.165) is 5.56 Å². The molecule has 1 atom stereocenters. The number of nitrogens with zero attached hydrogens (tertiary/aromatic N) is 1. The normalized spacial score (nSPS) is 11.4. The summed E-state index contributed by atoms with van der Waals surface area (Å²) in [6.45, 7) is 1.63. The minimum absolute atomic E-state index is 0.204. The molecule has 0 saturated heterocycles. The molecule has 0 spiro atoms. The second kappa shape index (κ2) is 8.25. The first-order chi connectivity index (χ1) is 11.9. The average molecular weight is 363 g/mol. The molecule has 0 aliphatic heterocycles. The smallest absolute Gasteiger partial charge is 0.345 e. The Balaban J connectivity index is 1.95. The summed E-state index contributed by atoms with van der Waals surface area (Å²) in [5, 5.41) is 14.1. The molecule has 1 amide bonds. The van der Waals surface area contributed by atoms with Crippen LogP contribution in [0.15, 0.2) is 48.5 Å². The first-order valence-electron chi connectivity index (χ1n) is 7.35. The van der Waals surface area contributed by atoms with E-state index in [-0.39, 0.29) is 17.8 Å². The fourth-order valence-electron chi connectivity index (χ4n) is 2.02. The first kappa shape index (κ1) is 18.4. The van der Waals surface area contributed by atoms with Gasteiger partial charge in [-0.15, -0.1) is 0 Å². The molecule has 1 unspecified atom stereocenters. The standard InChI is InChI=1S/C17H15ClN2O5/c1-11(16(21)19-10-12-6-8-13(18)9-7-12)25-17(22)14-4-2-3-5-15(14)20(23)24/h2-9,11H,10H2,1H3,(H,19,21). The van der Waals surface area contributed by atoms with Crippen LogP contribution >= 0.6 is 11.6 Å². The zero-order chi connectivity index (χ0) is 18.4. The highest BCUT2D eigenvalue weighted by Gasteiger charge is 2.24. The number of carbonyl (C=O) groups is 2. The van der Waals surface area contributed by atoms with Gasteiger partial charge in [0, 0.05) is 17.6 Å². The monoisotopic (exact) mass is 362 g/mol. The second-order valence-corrected chi connectivity index (χ2v) is 5.60. The Labute approximate surface area is 148 Å². The Morgan fingerprint density at radius 1 is 1.20 bits per heavy atom. The van der Waals surface area contributed by atoms with Crippen molar-refractivity contribution >= 4 is 29.2 Å². The molecule has 2 rings (SSSR count). The van der Waals surface area contributed by atoms with Crippen molar-refractivity contribution in [2.45, 2.75) is 19.6 Å². The van der Waals surface area contributed by atoms with Crippen LogP contribution in [-0.4, -0.2) is 22.9 Å². The minimum Gasteiger partial charge on any atom is -0.449 e. The van der Waals surface area contributed by atoms with Gasteiger partial charge in [0.1, 0.15) is 5.56 Å². The Kier molecular flexibility index (Phi) is 6.08. The summed E-state index contributed by atoms with van der Waals surface area (Å²) in [6.07, 6.45) is -1.10. The Hall–Kier alpha value is -2.93. The van der Waals surface area contributed by atoms with E-state index >= 15 is 0 Å². The van der Waals surface area contributed by atoms with E-state index in [9.17, 15) is 19.7 Å². The summed E-state index contributed by atoms with van der Waals surface area (Å²) in [5.74, 6) is -1.44. The molecule has 25 heavy (non-hydrogen) atoms. The molecule has 8 heteroatoms. The summed E-state index contributed by atoms with van der Waals surface area (Å²) >= 11 is 5.78. The van der Waals surface area contributed by atoms with Gasteiger partial charge in [0.2, 0.25) is 0 Å². The quantitative estimate of drug-likeness (QED) is 0.483. The number of ether oxygens (including phenoxy) is 1. The zero-order valence-corrected chi connectivity index (χ0v) is 14.0. The molecule has 7 nitrogen and oxygen atoms in total. The molecule has 0 radical (unpaired) electrons. The van der Waals surface area contributed by atoms with Gasteiger partial charge in [-0.2, -0.15) is 0 Å². The van der Waals surface area contributed by atoms with Crippen molar-refractivity contribution in [1.29, 1.82) is 0 Å².